The predicted octanol–water partition coefficient (Wildman–Crippen LogP) is 1.52. The third-order valence-corrected chi connectivity index (χ3v) is 2.27. The van der Waals surface area contributed by atoms with Gasteiger partial charge in [0.2, 0.25) is 0 Å². The second kappa shape index (κ2) is 3.51. The van der Waals surface area contributed by atoms with E-state index in [-0.39, 0.29) is 0 Å². The molecule has 12 heavy (non-hydrogen) atoms. The Morgan fingerprint density at radius 1 is 1.67 bits per heavy atom. The summed E-state index contributed by atoms with van der Waals surface area (Å²) in [4.78, 5) is 4.21. The molecule has 0 spiro atoms. The Morgan fingerprint density at radius 2 is 2.33 bits per heavy atom. The molecule has 0 aliphatic heterocycles. The first kappa shape index (κ1) is 9.64. The van der Waals surface area contributed by atoms with E-state index in [1.807, 2.05) is 5.38 Å². The summed E-state index contributed by atoms with van der Waals surface area (Å²) in [5.41, 5.74) is -0.137. The van der Waals surface area contributed by atoms with Crippen LogP contribution < -0.4 is 0 Å². The van der Waals surface area contributed by atoms with Gasteiger partial charge < -0.3 is 9.84 Å². The molecule has 68 valence electrons. The summed E-state index contributed by atoms with van der Waals surface area (Å²) in [6.45, 7) is 3.96. The summed E-state index contributed by atoms with van der Waals surface area (Å²) >= 11 is 1.50. The van der Waals surface area contributed by atoms with Crippen LogP contribution in [0.4, 0.5) is 0 Å². The van der Waals surface area contributed by atoms with Gasteiger partial charge in [-0.1, -0.05) is 0 Å². The lowest BCUT2D eigenvalue weighted by atomic mass is 10.1. The van der Waals surface area contributed by atoms with E-state index >= 15 is 0 Å². The van der Waals surface area contributed by atoms with Crippen molar-refractivity contribution in [2.45, 2.75) is 26.1 Å². The van der Waals surface area contributed by atoms with Gasteiger partial charge >= 0.3 is 0 Å². The van der Waals surface area contributed by atoms with E-state index in [0.29, 0.717) is 12.3 Å². The normalized spacial score (nSPS) is 12.0. The summed E-state index contributed by atoms with van der Waals surface area (Å²) < 4.78 is 4.92. The lowest BCUT2D eigenvalue weighted by Gasteiger charge is -2.12. The van der Waals surface area contributed by atoms with Gasteiger partial charge in [0.05, 0.1) is 12.3 Å². The van der Waals surface area contributed by atoms with Crippen LogP contribution in [-0.2, 0) is 16.9 Å². The van der Waals surface area contributed by atoms with E-state index in [0.717, 1.165) is 5.01 Å². The minimum absolute atomic E-state index is 0.515. The molecule has 1 aromatic heterocycles. The first-order valence-electron chi connectivity index (χ1n) is 3.70. The van der Waals surface area contributed by atoms with Crippen LogP contribution in [0.1, 0.15) is 24.5 Å². The van der Waals surface area contributed by atoms with Crippen molar-refractivity contribution in [3.63, 3.8) is 0 Å². The summed E-state index contributed by atoms with van der Waals surface area (Å²) in [5.74, 6) is 0. The first-order valence-corrected chi connectivity index (χ1v) is 4.58. The molecule has 0 aromatic carbocycles. The fourth-order valence-electron chi connectivity index (χ4n) is 0.782. The molecule has 1 heterocycles. The molecule has 1 aromatic rings. The summed E-state index contributed by atoms with van der Waals surface area (Å²) in [6.07, 6.45) is 0. The fourth-order valence-corrected chi connectivity index (χ4v) is 1.71. The van der Waals surface area contributed by atoms with Crippen molar-refractivity contribution in [1.29, 1.82) is 0 Å². The quantitative estimate of drug-likeness (QED) is 0.780. The molecule has 0 fully saturated rings. The van der Waals surface area contributed by atoms with Crippen LogP contribution in [0.3, 0.4) is 0 Å². The number of aliphatic hydroxyl groups is 1. The lowest BCUT2D eigenvalue weighted by molar-refractivity contribution is 0.0739. The van der Waals surface area contributed by atoms with E-state index in [1.165, 1.54) is 11.3 Å². The maximum absolute atomic E-state index is 9.57. The van der Waals surface area contributed by atoms with Gasteiger partial charge in [-0.3, -0.25) is 0 Å². The standard InChI is InChI=1S/C8H13NO2S/c1-8(2,10)6-5-12-7(9-6)4-11-3/h5,10H,4H2,1-3H3. The number of hydrogen-bond donors (Lipinski definition) is 1. The van der Waals surface area contributed by atoms with Gasteiger partial charge in [-0.05, 0) is 13.8 Å². The maximum Gasteiger partial charge on any atom is 0.119 e. The number of aromatic nitrogens is 1. The molecule has 3 nitrogen and oxygen atoms in total. The van der Waals surface area contributed by atoms with Crippen molar-refractivity contribution in [2.24, 2.45) is 0 Å². The molecule has 1 N–H and O–H groups in total. The molecule has 0 saturated carbocycles. The maximum atomic E-state index is 9.57. The van der Waals surface area contributed by atoms with Gasteiger partial charge in [0, 0.05) is 12.5 Å². The third kappa shape index (κ3) is 2.27. The van der Waals surface area contributed by atoms with Crippen molar-refractivity contribution >= 4 is 11.3 Å². The summed E-state index contributed by atoms with van der Waals surface area (Å²) in [7, 11) is 1.63. The highest BCUT2D eigenvalue weighted by molar-refractivity contribution is 7.09. The Kier molecular flexibility index (Phi) is 2.82. The number of thiazole rings is 1. The molecule has 4 heteroatoms. The van der Waals surface area contributed by atoms with E-state index in [1.54, 1.807) is 21.0 Å². The van der Waals surface area contributed by atoms with Crippen molar-refractivity contribution in [3.8, 4) is 0 Å². The Bertz CT molecular complexity index is 252. The van der Waals surface area contributed by atoms with E-state index < -0.39 is 5.60 Å². The van der Waals surface area contributed by atoms with Crippen LogP contribution >= 0.6 is 11.3 Å². The number of hydrogen-bond acceptors (Lipinski definition) is 4. The Morgan fingerprint density at radius 3 is 2.75 bits per heavy atom. The first-order chi connectivity index (χ1) is 5.54. The van der Waals surface area contributed by atoms with Gasteiger partial charge in [-0.2, -0.15) is 0 Å². The minimum atomic E-state index is -0.845. The van der Waals surface area contributed by atoms with Crippen molar-refractivity contribution in [2.75, 3.05) is 7.11 Å². The average molecular weight is 187 g/mol. The van der Waals surface area contributed by atoms with Crippen molar-refractivity contribution in [3.05, 3.63) is 16.1 Å². The minimum Gasteiger partial charge on any atom is -0.384 e. The van der Waals surface area contributed by atoms with Gasteiger partial charge in [0.15, 0.2) is 0 Å². The molecular formula is C8H13NO2S. The van der Waals surface area contributed by atoms with Crippen molar-refractivity contribution < 1.29 is 9.84 Å². The zero-order valence-corrected chi connectivity index (χ0v) is 8.31. The van der Waals surface area contributed by atoms with Gasteiger partial charge in [0.25, 0.3) is 0 Å². The number of nitrogens with zero attached hydrogens (tertiary/aromatic N) is 1. The summed E-state index contributed by atoms with van der Waals surface area (Å²) in [6, 6.07) is 0. The van der Waals surface area contributed by atoms with Gasteiger partial charge in [-0.15, -0.1) is 11.3 Å². The summed E-state index contributed by atoms with van der Waals surface area (Å²) in [5, 5.41) is 12.3. The van der Waals surface area contributed by atoms with E-state index in [4.69, 9.17) is 4.74 Å². The number of methoxy groups -OCH3 is 1. The van der Waals surface area contributed by atoms with Gasteiger partial charge in [0.1, 0.15) is 10.6 Å². The van der Waals surface area contributed by atoms with E-state index in [2.05, 4.69) is 4.98 Å². The Hall–Kier alpha value is -0.450. The third-order valence-electron chi connectivity index (χ3n) is 1.45. The Balaban J connectivity index is 2.77. The fraction of sp³-hybridized carbons (Fsp3) is 0.625. The SMILES string of the molecule is COCc1nc(C(C)(C)O)cs1. The number of rotatable bonds is 3. The Labute approximate surface area is 76.0 Å². The molecule has 0 bridgehead atoms. The molecule has 0 saturated heterocycles. The lowest BCUT2D eigenvalue weighted by Crippen LogP contribution is -2.15. The second-order valence-electron chi connectivity index (χ2n) is 3.12. The van der Waals surface area contributed by atoms with Crippen molar-refractivity contribution in [1.82, 2.24) is 4.98 Å². The molecule has 0 aliphatic carbocycles. The second-order valence-corrected chi connectivity index (χ2v) is 4.06. The van der Waals surface area contributed by atoms with Crippen LogP contribution in [-0.4, -0.2) is 17.2 Å². The average Bonchev–Trinajstić information content (AvgIpc) is 2.35. The highest BCUT2D eigenvalue weighted by Gasteiger charge is 2.19. The number of ether oxygens (including phenoxy) is 1. The van der Waals surface area contributed by atoms with Crippen LogP contribution in [0.25, 0.3) is 0 Å². The highest BCUT2D eigenvalue weighted by Crippen LogP contribution is 2.21. The smallest absolute Gasteiger partial charge is 0.119 e. The predicted molar refractivity (Wildman–Crippen MR) is 48.1 cm³/mol. The molecule has 0 radical (unpaired) electrons. The monoisotopic (exact) mass is 187 g/mol. The molecule has 0 aliphatic rings. The molecular weight excluding hydrogens is 174 g/mol. The molecule has 1 rings (SSSR count). The van der Waals surface area contributed by atoms with Crippen LogP contribution in [0.15, 0.2) is 5.38 Å². The molecule has 0 unspecified atom stereocenters. The topological polar surface area (TPSA) is 42.4 Å². The van der Waals surface area contributed by atoms with Crippen LogP contribution in [0, 0.1) is 0 Å². The molecule has 0 amide bonds. The largest absolute Gasteiger partial charge is 0.384 e. The van der Waals surface area contributed by atoms with E-state index in [9.17, 15) is 5.11 Å². The zero-order chi connectivity index (χ0) is 9.19. The zero-order valence-electron chi connectivity index (χ0n) is 7.50. The van der Waals surface area contributed by atoms with Crippen LogP contribution in [0.2, 0.25) is 0 Å². The van der Waals surface area contributed by atoms with Gasteiger partial charge in [-0.25, -0.2) is 4.98 Å². The highest BCUT2D eigenvalue weighted by atomic mass is 32.1. The van der Waals surface area contributed by atoms with Crippen LogP contribution in [0.5, 0.6) is 0 Å². The molecule has 0 atom stereocenters.